The van der Waals surface area contributed by atoms with Crippen LogP contribution >= 0.6 is 0 Å². The Kier molecular flexibility index (Phi) is 4.43. The summed E-state index contributed by atoms with van der Waals surface area (Å²) in [6.07, 6.45) is 0.789. The van der Waals surface area contributed by atoms with Crippen LogP contribution in [0, 0.1) is 11.7 Å². The third kappa shape index (κ3) is 3.13. The highest BCUT2D eigenvalue weighted by Crippen LogP contribution is 2.12. The predicted octanol–water partition coefficient (Wildman–Crippen LogP) is 2.25. The van der Waals surface area contributed by atoms with Crippen molar-refractivity contribution >= 4 is 5.78 Å². The summed E-state index contributed by atoms with van der Waals surface area (Å²) in [4.78, 5) is 11.9. The van der Waals surface area contributed by atoms with E-state index >= 15 is 0 Å². The second-order valence-electron chi connectivity index (χ2n) is 3.53. The van der Waals surface area contributed by atoms with Crippen molar-refractivity contribution in [3.63, 3.8) is 0 Å². The molecule has 0 fully saturated rings. The van der Waals surface area contributed by atoms with E-state index in [4.69, 9.17) is 0 Å². The molecular formula is C12H16FNO. The number of ketones is 1. The third-order valence-electron chi connectivity index (χ3n) is 2.44. The Balaban J connectivity index is 2.78. The molecule has 1 atom stereocenters. The summed E-state index contributed by atoms with van der Waals surface area (Å²) in [5.74, 6) is -0.263. The fourth-order valence-electron chi connectivity index (χ4n) is 1.52. The van der Waals surface area contributed by atoms with Crippen molar-refractivity contribution in [2.45, 2.75) is 13.3 Å². The number of hydrogen-bond acceptors (Lipinski definition) is 2. The number of halogens is 1. The van der Waals surface area contributed by atoms with Gasteiger partial charge in [-0.25, -0.2) is 4.39 Å². The molecule has 3 heteroatoms. The zero-order valence-corrected chi connectivity index (χ0v) is 9.09. The number of carbonyl (C=O) groups is 1. The van der Waals surface area contributed by atoms with Crippen molar-refractivity contribution in [2.75, 3.05) is 13.6 Å². The minimum Gasteiger partial charge on any atom is -0.319 e. The van der Waals surface area contributed by atoms with Crippen LogP contribution in [0.4, 0.5) is 4.39 Å². The molecule has 0 aliphatic heterocycles. The average molecular weight is 209 g/mol. The van der Waals surface area contributed by atoms with E-state index in [1.54, 1.807) is 0 Å². The highest BCUT2D eigenvalue weighted by Gasteiger charge is 2.16. The zero-order valence-electron chi connectivity index (χ0n) is 9.09. The first kappa shape index (κ1) is 11.9. The van der Waals surface area contributed by atoms with Crippen molar-refractivity contribution in [3.8, 4) is 0 Å². The molecule has 0 amide bonds. The quantitative estimate of drug-likeness (QED) is 0.754. The highest BCUT2D eigenvalue weighted by molar-refractivity contribution is 5.97. The molecule has 1 unspecified atom stereocenters. The van der Waals surface area contributed by atoms with E-state index in [1.165, 1.54) is 24.3 Å². The summed E-state index contributed by atoms with van der Waals surface area (Å²) >= 11 is 0. The van der Waals surface area contributed by atoms with Crippen molar-refractivity contribution in [1.29, 1.82) is 0 Å². The lowest BCUT2D eigenvalue weighted by Crippen LogP contribution is -2.25. The summed E-state index contributed by atoms with van der Waals surface area (Å²) in [5, 5.41) is 2.99. The Morgan fingerprint density at radius 1 is 1.40 bits per heavy atom. The van der Waals surface area contributed by atoms with Gasteiger partial charge in [0.05, 0.1) is 0 Å². The van der Waals surface area contributed by atoms with Crippen LogP contribution in [-0.4, -0.2) is 19.4 Å². The first-order valence-electron chi connectivity index (χ1n) is 5.13. The van der Waals surface area contributed by atoms with E-state index in [0.29, 0.717) is 12.1 Å². The van der Waals surface area contributed by atoms with Gasteiger partial charge in [-0.1, -0.05) is 6.92 Å². The molecular weight excluding hydrogens is 193 g/mol. The van der Waals surface area contributed by atoms with Gasteiger partial charge in [-0.05, 0) is 37.7 Å². The lowest BCUT2D eigenvalue weighted by Gasteiger charge is -2.12. The Labute approximate surface area is 89.5 Å². The van der Waals surface area contributed by atoms with Gasteiger partial charge in [-0.2, -0.15) is 0 Å². The molecule has 82 valence electrons. The van der Waals surface area contributed by atoms with Gasteiger partial charge in [0.15, 0.2) is 5.78 Å². The largest absolute Gasteiger partial charge is 0.319 e. The summed E-state index contributed by atoms with van der Waals surface area (Å²) < 4.78 is 12.7. The van der Waals surface area contributed by atoms with E-state index < -0.39 is 0 Å². The van der Waals surface area contributed by atoms with Crippen LogP contribution in [0.2, 0.25) is 0 Å². The van der Waals surface area contributed by atoms with E-state index in [-0.39, 0.29) is 17.5 Å². The van der Waals surface area contributed by atoms with Crippen LogP contribution in [0.1, 0.15) is 23.7 Å². The second kappa shape index (κ2) is 5.61. The number of Topliss-reactive ketones (excluding diaryl/α,β-unsaturated/α-hetero) is 1. The van der Waals surface area contributed by atoms with Crippen molar-refractivity contribution in [3.05, 3.63) is 35.6 Å². The Bertz CT molecular complexity index is 321. The lowest BCUT2D eigenvalue weighted by atomic mass is 9.95. The van der Waals surface area contributed by atoms with Gasteiger partial charge in [0, 0.05) is 18.0 Å². The van der Waals surface area contributed by atoms with E-state index in [1.807, 2.05) is 14.0 Å². The normalized spacial score (nSPS) is 12.5. The van der Waals surface area contributed by atoms with Crippen LogP contribution in [0.5, 0.6) is 0 Å². The SMILES string of the molecule is CCC(CNC)C(=O)c1ccc(F)cc1. The molecule has 1 rings (SSSR count). The molecule has 0 spiro atoms. The molecule has 0 heterocycles. The predicted molar refractivity (Wildman–Crippen MR) is 58.4 cm³/mol. The van der Waals surface area contributed by atoms with E-state index in [9.17, 15) is 9.18 Å². The number of carbonyl (C=O) groups excluding carboxylic acids is 1. The fourth-order valence-corrected chi connectivity index (χ4v) is 1.52. The van der Waals surface area contributed by atoms with Gasteiger partial charge in [-0.3, -0.25) is 4.79 Å². The maximum atomic E-state index is 12.7. The maximum absolute atomic E-state index is 12.7. The van der Waals surface area contributed by atoms with Gasteiger partial charge in [0.2, 0.25) is 0 Å². The molecule has 0 saturated heterocycles. The molecule has 0 aliphatic rings. The van der Waals surface area contributed by atoms with Gasteiger partial charge >= 0.3 is 0 Å². The summed E-state index contributed by atoms with van der Waals surface area (Å²) in [5.41, 5.74) is 0.582. The van der Waals surface area contributed by atoms with Crippen molar-refractivity contribution in [2.24, 2.45) is 5.92 Å². The molecule has 0 radical (unpaired) electrons. The molecule has 0 bridgehead atoms. The molecule has 0 saturated carbocycles. The minimum absolute atomic E-state index is 0.0274. The van der Waals surface area contributed by atoms with E-state index in [2.05, 4.69) is 5.32 Å². The molecule has 15 heavy (non-hydrogen) atoms. The minimum atomic E-state index is -0.312. The van der Waals surface area contributed by atoms with Gasteiger partial charge in [0.1, 0.15) is 5.82 Å². The summed E-state index contributed by atoms with van der Waals surface area (Å²) in [6.45, 7) is 2.64. The number of rotatable bonds is 5. The molecule has 2 nitrogen and oxygen atoms in total. The Morgan fingerprint density at radius 2 is 2.00 bits per heavy atom. The van der Waals surface area contributed by atoms with Crippen LogP contribution < -0.4 is 5.32 Å². The monoisotopic (exact) mass is 209 g/mol. The maximum Gasteiger partial charge on any atom is 0.167 e. The molecule has 1 aromatic rings. The summed E-state index contributed by atoms with van der Waals surface area (Å²) in [6, 6.07) is 5.71. The molecule has 0 aromatic heterocycles. The second-order valence-corrected chi connectivity index (χ2v) is 3.53. The Hall–Kier alpha value is -1.22. The van der Waals surface area contributed by atoms with Crippen LogP contribution in [-0.2, 0) is 0 Å². The first-order valence-corrected chi connectivity index (χ1v) is 5.13. The van der Waals surface area contributed by atoms with Crippen LogP contribution in [0.25, 0.3) is 0 Å². The smallest absolute Gasteiger partial charge is 0.167 e. The topological polar surface area (TPSA) is 29.1 Å². The third-order valence-corrected chi connectivity index (χ3v) is 2.44. The van der Waals surface area contributed by atoms with Gasteiger partial charge in [0.25, 0.3) is 0 Å². The van der Waals surface area contributed by atoms with Gasteiger partial charge < -0.3 is 5.32 Å². The number of benzene rings is 1. The van der Waals surface area contributed by atoms with Crippen LogP contribution in [0.3, 0.4) is 0 Å². The Morgan fingerprint density at radius 3 is 2.47 bits per heavy atom. The molecule has 1 N–H and O–H groups in total. The van der Waals surface area contributed by atoms with E-state index in [0.717, 1.165) is 6.42 Å². The highest BCUT2D eigenvalue weighted by atomic mass is 19.1. The van der Waals surface area contributed by atoms with Crippen LogP contribution in [0.15, 0.2) is 24.3 Å². The lowest BCUT2D eigenvalue weighted by molar-refractivity contribution is 0.0916. The van der Waals surface area contributed by atoms with Gasteiger partial charge in [-0.15, -0.1) is 0 Å². The first-order chi connectivity index (χ1) is 7.19. The fraction of sp³-hybridized carbons (Fsp3) is 0.417. The number of hydrogen-bond donors (Lipinski definition) is 1. The number of nitrogens with one attached hydrogen (secondary N) is 1. The molecule has 0 aliphatic carbocycles. The zero-order chi connectivity index (χ0) is 11.3. The van der Waals surface area contributed by atoms with Crippen molar-refractivity contribution < 1.29 is 9.18 Å². The van der Waals surface area contributed by atoms with Crippen molar-refractivity contribution in [1.82, 2.24) is 5.32 Å². The standard InChI is InChI=1S/C12H16FNO/c1-3-9(8-14-2)12(15)10-4-6-11(13)7-5-10/h4-7,9,14H,3,8H2,1-2H3. The summed E-state index contributed by atoms with van der Waals surface area (Å²) in [7, 11) is 1.82. The average Bonchev–Trinajstić information content (AvgIpc) is 2.26. The molecule has 1 aromatic carbocycles.